The fourth-order valence-corrected chi connectivity index (χ4v) is 0.774. The molecule has 0 fully saturated rings. The summed E-state index contributed by atoms with van der Waals surface area (Å²) in [6.07, 6.45) is 5.53. The Balaban J connectivity index is -0.0000000622. The van der Waals surface area contributed by atoms with E-state index in [0.717, 1.165) is 29.7 Å². The number of rotatable bonds is 6. The summed E-state index contributed by atoms with van der Waals surface area (Å²) in [5, 5.41) is 24.6. The summed E-state index contributed by atoms with van der Waals surface area (Å²) in [4.78, 5) is 9.14. The Kier molecular flexibility index (Phi) is 32.9. The van der Waals surface area contributed by atoms with Crippen LogP contribution < -0.4 is 39.8 Å². The minimum atomic E-state index is -1.23. The van der Waals surface area contributed by atoms with Crippen molar-refractivity contribution in [3.05, 3.63) is 50.6 Å². The van der Waals surface area contributed by atoms with Gasteiger partial charge < -0.3 is 24.9 Å². The van der Waals surface area contributed by atoms with Gasteiger partial charge in [0.1, 0.15) is 0 Å². The second-order valence-corrected chi connectivity index (χ2v) is 3.97. The summed E-state index contributed by atoms with van der Waals surface area (Å²) in [6, 6.07) is 0. The van der Waals surface area contributed by atoms with Crippen molar-refractivity contribution in [1.29, 1.82) is 5.41 Å². The molecule has 1 N–H and O–H groups in total. The van der Waals surface area contributed by atoms with Gasteiger partial charge in [0.05, 0.1) is 33.2 Å². The predicted octanol–water partition coefficient (Wildman–Crippen LogP) is -2.71. The van der Waals surface area contributed by atoms with E-state index in [0.29, 0.717) is 0 Å². The van der Waals surface area contributed by atoms with E-state index in [1.165, 1.54) is 0 Å². The minimum Gasteiger partial charge on any atom is -0.859 e. The zero-order valence-electron chi connectivity index (χ0n) is 13.1. The van der Waals surface area contributed by atoms with E-state index in [1.54, 1.807) is 0 Å². The molecule has 0 rings (SSSR count). The summed E-state index contributed by atoms with van der Waals surface area (Å²) in [5.74, 6) is -1.96. The molecule has 0 aliphatic heterocycles. The zero-order chi connectivity index (χ0) is 15.9. The maximum absolute atomic E-state index is 9.36. The third-order valence-electron chi connectivity index (χ3n) is 1.60. The minimum absolute atomic E-state index is 0. The molecule has 0 aromatic carbocycles. The monoisotopic (exact) mass is 326 g/mol. The van der Waals surface area contributed by atoms with Gasteiger partial charge in [-0.15, -0.1) is 12.4 Å². The smallest absolute Gasteiger partial charge is 0.859 e. The van der Waals surface area contributed by atoms with Crippen LogP contribution >= 0.6 is 12.4 Å². The molecule has 0 aliphatic rings. The summed E-state index contributed by atoms with van der Waals surface area (Å²) in [7, 11) is 4.31. The van der Waals surface area contributed by atoms with Crippen molar-refractivity contribution in [3.63, 3.8) is 0 Å². The molecule has 0 unspecified atom stereocenters. The first-order valence-electron chi connectivity index (χ1n) is 5.42. The zero-order valence-corrected chi connectivity index (χ0v) is 15.9. The molecule has 0 amide bonds. The van der Waals surface area contributed by atoms with Crippen molar-refractivity contribution in [2.24, 2.45) is 0 Å². The second kappa shape index (κ2) is 21.4. The number of likely N-dealkylation sites (N-methyl/N-ethyl adjacent to an activating group) is 1. The van der Waals surface area contributed by atoms with E-state index in [4.69, 9.17) is 15.3 Å². The van der Waals surface area contributed by atoms with E-state index >= 15 is 0 Å². The van der Waals surface area contributed by atoms with Crippen LogP contribution in [0.15, 0.2) is 50.6 Å². The van der Waals surface area contributed by atoms with Crippen molar-refractivity contribution >= 4 is 24.3 Å². The molecular formula is C14H24ClN2NaO3. The first-order valence-corrected chi connectivity index (χ1v) is 5.42. The number of hydrogen-bond donors (Lipinski definition) is 1. The Bertz CT molecular complexity index is 302. The molecule has 0 spiro atoms. The van der Waals surface area contributed by atoms with Crippen molar-refractivity contribution in [1.82, 2.24) is 0 Å². The third kappa shape index (κ3) is 45.3. The predicted molar refractivity (Wildman–Crippen MR) is 82.6 cm³/mol. The Labute approximate surface area is 156 Å². The molecular weight excluding hydrogens is 303 g/mol. The number of halogens is 1. The molecule has 0 bridgehead atoms. The number of nitrogens with zero attached hydrogens (tertiary/aromatic N) is 1. The molecule has 0 saturated carbocycles. The van der Waals surface area contributed by atoms with Gasteiger partial charge in [0.25, 0.3) is 0 Å². The Morgan fingerprint density at radius 3 is 1.38 bits per heavy atom. The average molecular weight is 327 g/mol. The first-order chi connectivity index (χ1) is 8.66. The number of nitrogens with one attached hydrogen (secondary N) is 1. The molecule has 21 heavy (non-hydrogen) atoms. The summed E-state index contributed by atoms with van der Waals surface area (Å²) < 4.78 is 0.951. The molecule has 116 valence electrons. The van der Waals surface area contributed by atoms with Crippen molar-refractivity contribution in [2.75, 3.05) is 27.2 Å². The summed E-state index contributed by atoms with van der Waals surface area (Å²) in [6.45, 7) is 15.3. The van der Waals surface area contributed by atoms with Crippen LogP contribution in [0.3, 0.4) is 0 Å². The number of aliphatic carboxylic acids is 1. The standard InChI is InChI=1S/C8H16N.C3H5NO.C3H4O2.ClH.Na/c1-5-7-9(3,4)8-6-2;2*1-2-3(4)5;;/h5-6H,1-2,7-8H2,3-4H3;2H,1H2,(H2,4,5);2H,1H2,(H,4,5);1H;/q+1;;;;+1/p-2. The number of hydrogen-bond acceptors (Lipinski definition) is 4. The van der Waals surface area contributed by atoms with E-state index < -0.39 is 11.9 Å². The van der Waals surface area contributed by atoms with Gasteiger partial charge in [-0.05, 0) is 24.1 Å². The molecule has 0 heterocycles. The summed E-state index contributed by atoms with van der Waals surface area (Å²) >= 11 is 0. The maximum Gasteiger partial charge on any atom is 1.00 e. The SMILES string of the molecule is C=CC(=N)[O-].C=CC(=O)[O-].C=CC[N+](C)(C)CC=C.Cl.[Na+]. The molecule has 5 nitrogen and oxygen atoms in total. The number of quaternary nitrogens is 1. The van der Waals surface area contributed by atoms with Crippen LogP contribution in [-0.4, -0.2) is 43.5 Å². The topological polar surface area (TPSA) is 87.0 Å². The van der Waals surface area contributed by atoms with Gasteiger partial charge in [-0.1, -0.05) is 32.4 Å². The van der Waals surface area contributed by atoms with Crippen molar-refractivity contribution in [3.8, 4) is 0 Å². The van der Waals surface area contributed by atoms with E-state index in [-0.39, 0.29) is 42.0 Å². The van der Waals surface area contributed by atoms with Crippen LogP contribution in [0.4, 0.5) is 0 Å². The third-order valence-corrected chi connectivity index (χ3v) is 1.60. The fraction of sp³-hybridized carbons (Fsp3) is 0.286. The van der Waals surface area contributed by atoms with Gasteiger partial charge >= 0.3 is 29.6 Å². The number of carbonyl (C=O) groups is 1. The largest absolute Gasteiger partial charge is 1.00 e. The van der Waals surface area contributed by atoms with Crippen LogP contribution in [0.5, 0.6) is 0 Å². The molecule has 0 atom stereocenters. The number of carbonyl (C=O) groups excluding carboxylic acids is 1. The van der Waals surface area contributed by atoms with Gasteiger partial charge in [-0.3, -0.25) is 0 Å². The molecule has 0 saturated heterocycles. The summed E-state index contributed by atoms with van der Waals surface area (Å²) in [5.41, 5.74) is 0. The van der Waals surface area contributed by atoms with E-state index in [9.17, 15) is 5.11 Å². The van der Waals surface area contributed by atoms with Gasteiger partial charge in [0, 0.05) is 0 Å². The van der Waals surface area contributed by atoms with Crippen LogP contribution in [0, 0.1) is 5.41 Å². The Morgan fingerprint density at radius 2 is 1.29 bits per heavy atom. The van der Waals surface area contributed by atoms with Crippen LogP contribution in [0.25, 0.3) is 0 Å². The van der Waals surface area contributed by atoms with Gasteiger partial charge in [0.2, 0.25) is 0 Å². The van der Waals surface area contributed by atoms with E-state index in [1.807, 2.05) is 12.2 Å². The number of carboxylic acids is 1. The van der Waals surface area contributed by atoms with Crippen molar-refractivity contribution < 1.29 is 49.0 Å². The Hall–Kier alpha value is -0.850. The van der Waals surface area contributed by atoms with Gasteiger partial charge in [-0.25, -0.2) is 0 Å². The van der Waals surface area contributed by atoms with Crippen LogP contribution in [-0.2, 0) is 4.79 Å². The molecule has 0 aliphatic carbocycles. The average Bonchev–Trinajstić information content (AvgIpc) is 2.30. The molecule has 0 radical (unpaired) electrons. The van der Waals surface area contributed by atoms with Gasteiger partial charge in [-0.2, -0.15) is 0 Å². The van der Waals surface area contributed by atoms with Crippen LogP contribution in [0.2, 0.25) is 0 Å². The van der Waals surface area contributed by atoms with Crippen LogP contribution in [0.1, 0.15) is 0 Å². The molecule has 0 aromatic rings. The van der Waals surface area contributed by atoms with Gasteiger partial charge in [0.15, 0.2) is 0 Å². The molecule has 7 heteroatoms. The first kappa shape index (κ1) is 32.2. The van der Waals surface area contributed by atoms with E-state index in [2.05, 4.69) is 40.4 Å². The Morgan fingerprint density at radius 1 is 1.05 bits per heavy atom. The number of carboxylic acid groups (broad SMARTS) is 1. The molecule has 0 aromatic heterocycles. The second-order valence-electron chi connectivity index (χ2n) is 3.97. The quantitative estimate of drug-likeness (QED) is 0.144. The fourth-order valence-electron chi connectivity index (χ4n) is 0.774. The van der Waals surface area contributed by atoms with Crippen molar-refractivity contribution in [2.45, 2.75) is 0 Å². The maximum atomic E-state index is 9.36. The normalized spacial score (nSPS) is 7.71.